The minimum Gasteiger partial charge on any atom is -0.489 e. The van der Waals surface area contributed by atoms with E-state index < -0.39 is 0 Å². The predicted octanol–water partition coefficient (Wildman–Crippen LogP) is 2.97. The molecule has 1 saturated carbocycles. The summed E-state index contributed by atoms with van der Waals surface area (Å²) in [4.78, 5) is 19.7. The Labute approximate surface area is 177 Å². The molecule has 30 heavy (non-hydrogen) atoms. The van der Waals surface area contributed by atoms with Gasteiger partial charge < -0.3 is 24.8 Å². The van der Waals surface area contributed by atoms with Crippen molar-refractivity contribution in [3.05, 3.63) is 47.7 Å². The van der Waals surface area contributed by atoms with E-state index in [9.17, 15) is 4.79 Å². The highest BCUT2D eigenvalue weighted by atomic mass is 16.5. The number of carbonyl (C=O) groups excluding carboxylic acids is 1. The highest BCUT2D eigenvalue weighted by molar-refractivity contribution is 5.99. The van der Waals surface area contributed by atoms with Crippen molar-refractivity contribution in [2.45, 2.75) is 44.8 Å². The number of aryl methyl sites for hydroxylation is 1. The number of para-hydroxylation sites is 1. The number of carbonyl (C=O) groups is 1. The molecule has 4 rings (SSSR count). The first-order valence-corrected chi connectivity index (χ1v) is 10.6. The lowest BCUT2D eigenvalue weighted by atomic mass is 9.92. The van der Waals surface area contributed by atoms with E-state index in [1.165, 1.54) is 0 Å². The fraction of sp³-hybridized carbons (Fsp3) is 0.478. The van der Waals surface area contributed by atoms with E-state index >= 15 is 0 Å². The normalized spacial score (nSPS) is 20.9. The standard InChI is InChI=1S/C23H29N3O4/c1-16-5-10-21(24-15-16)26-11-13-30-22-19(3-2-4-20(22)26)23(28)25-17-6-8-18(9-7-17)29-14-12-27/h2-5,10,15,17-18,27H,6-9,11-14H2,1H3,(H,25,28)/t17-,18-. The summed E-state index contributed by atoms with van der Waals surface area (Å²) in [5.74, 6) is 1.36. The molecule has 1 amide bonds. The summed E-state index contributed by atoms with van der Waals surface area (Å²) in [5, 5.41) is 12.1. The fourth-order valence-electron chi connectivity index (χ4n) is 4.14. The van der Waals surface area contributed by atoms with E-state index in [2.05, 4.69) is 15.2 Å². The number of rotatable bonds is 6. The van der Waals surface area contributed by atoms with Crippen molar-refractivity contribution in [2.24, 2.45) is 0 Å². The summed E-state index contributed by atoms with van der Waals surface area (Å²) in [6.07, 6.45) is 5.55. The summed E-state index contributed by atoms with van der Waals surface area (Å²) in [6, 6.07) is 9.83. The SMILES string of the molecule is Cc1ccc(N2CCOc3c(C(=O)N[C@H]4CC[C@H](OCCO)CC4)cccc32)nc1. The molecule has 1 aliphatic carbocycles. The van der Waals surface area contributed by atoms with Crippen molar-refractivity contribution in [1.82, 2.24) is 10.3 Å². The number of benzene rings is 1. The van der Waals surface area contributed by atoms with Gasteiger partial charge >= 0.3 is 0 Å². The molecular formula is C23H29N3O4. The summed E-state index contributed by atoms with van der Waals surface area (Å²) in [5.41, 5.74) is 2.53. The second-order valence-corrected chi connectivity index (χ2v) is 7.89. The number of ether oxygens (including phenoxy) is 2. The molecule has 2 aliphatic rings. The molecule has 1 aromatic heterocycles. The van der Waals surface area contributed by atoms with E-state index in [4.69, 9.17) is 14.6 Å². The maximum Gasteiger partial charge on any atom is 0.255 e. The molecular weight excluding hydrogens is 382 g/mol. The van der Waals surface area contributed by atoms with Gasteiger partial charge in [-0.25, -0.2) is 4.98 Å². The van der Waals surface area contributed by atoms with Crippen LogP contribution in [-0.2, 0) is 4.74 Å². The first-order valence-electron chi connectivity index (χ1n) is 10.6. The molecule has 1 aromatic carbocycles. The van der Waals surface area contributed by atoms with Gasteiger partial charge in [0, 0.05) is 12.2 Å². The largest absolute Gasteiger partial charge is 0.489 e. The van der Waals surface area contributed by atoms with Gasteiger partial charge in [0.05, 0.1) is 37.1 Å². The Hall–Kier alpha value is -2.64. The smallest absolute Gasteiger partial charge is 0.255 e. The van der Waals surface area contributed by atoms with Crippen LogP contribution in [0.15, 0.2) is 36.5 Å². The van der Waals surface area contributed by atoms with Crippen molar-refractivity contribution in [2.75, 3.05) is 31.3 Å². The van der Waals surface area contributed by atoms with Crippen LogP contribution in [0.1, 0.15) is 41.6 Å². The molecule has 0 unspecified atom stereocenters. The van der Waals surface area contributed by atoms with Crippen LogP contribution in [0.2, 0.25) is 0 Å². The molecule has 1 fully saturated rings. The molecule has 2 N–H and O–H groups in total. The molecule has 0 bridgehead atoms. The van der Waals surface area contributed by atoms with Crippen LogP contribution in [-0.4, -0.2) is 54.5 Å². The Morgan fingerprint density at radius 1 is 1.27 bits per heavy atom. The fourth-order valence-corrected chi connectivity index (χ4v) is 4.14. The first kappa shape index (κ1) is 20.6. The van der Waals surface area contributed by atoms with Crippen molar-refractivity contribution in [3.63, 3.8) is 0 Å². The zero-order valence-corrected chi connectivity index (χ0v) is 17.3. The van der Waals surface area contributed by atoms with Crippen LogP contribution in [0.4, 0.5) is 11.5 Å². The second kappa shape index (κ2) is 9.45. The van der Waals surface area contributed by atoms with Gasteiger partial charge in [-0.1, -0.05) is 12.1 Å². The highest BCUT2D eigenvalue weighted by Crippen LogP contribution is 2.38. The number of nitrogens with zero attached hydrogens (tertiary/aromatic N) is 2. The molecule has 0 saturated heterocycles. The van der Waals surface area contributed by atoms with Gasteiger partial charge in [-0.2, -0.15) is 0 Å². The van der Waals surface area contributed by atoms with E-state index in [1.54, 1.807) is 0 Å². The van der Waals surface area contributed by atoms with Crippen molar-refractivity contribution in [3.8, 4) is 5.75 Å². The number of amides is 1. The zero-order valence-electron chi connectivity index (χ0n) is 17.3. The minimum absolute atomic E-state index is 0.0465. The number of aromatic nitrogens is 1. The lowest BCUT2D eigenvalue weighted by molar-refractivity contribution is 0.00424. The van der Waals surface area contributed by atoms with Crippen LogP contribution in [0.3, 0.4) is 0 Å². The Bertz CT molecular complexity index is 863. The molecule has 0 radical (unpaired) electrons. The molecule has 7 heteroatoms. The molecule has 2 aromatic rings. The van der Waals surface area contributed by atoms with Gasteiger partial charge in [0.1, 0.15) is 12.4 Å². The Balaban J connectivity index is 1.46. The maximum atomic E-state index is 13.0. The van der Waals surface area contributed by atoms with E-state index in [-0.39, 0.29) is 24.7 Å². The van der Waals surface area contributed by atoms with Crippen molar-refractivity contribution < 1.29 is 19.4 Å². The van der Waals surface area contributed by atoms with E-state index in [0.717, 1.165) is 42.8 Å². The van der Waals surface area contributed by atoms with Crippen LogP contribution in [0.5, 0.6) is 5.75 Å². The molecule has 2 heterocycles. The third-order valence-electron chi connectivity index (χ3n) is 5.72. The molecule has 0 atom stereocenters. The molecule has 7 nitrogen and oxygen atoms in total. The molecule has 0 spiro atoms. The average Bonchev–Trinajstić information content (AvgIpc) is 2.78. The number of hydrogen-bond donors (Lipinski definition) is 2. The third kappa shape index (κ3) is 4.57. The summed E-state index contributed by atoms with van der Waals surface area (Å²) in [6.45, 7) is 3.62. The Kier molecular flexibility index (Phi) is 6.50. The maximum absolute atomic E-state index is 13.0. The van der Waals surface area contributed by atoms with Crippen LogP contribution >= 0.6 is 0 Å². The number of hydrogen-bond acceptors (Lipinski definition) is 6. The Morgan fingerprint density at radius 3 is 2.83 bits per heavy atom. The van der Waals surface area contributed by atoms with Gasteiger partial charge in [-0.3, -0.25) is 4.79 Å². The summed E-state index contributed by atoms with van der Waals surface area (Å²) in [7, 11) is 0. The summed E-state index contributed by atoms with van der Waals surface area (Å²) < 4.78 is 11.5. The summed E-state index contributed by atoms with van der Waals surface area (Å²) >= 11 is 0. The number of anilines is 2. The lowest BCUT2D eigenvalue weighted by Gasteiger charge is -2.32. The van der Waals surface area contributed by atoms with Gasteiger partial charge in [0.25, 0.3) is 5.91 Å². The van der Waals surface area contributed by atoms with Gasteiger partial charge in [-0.15, -0.1) is 0 Å². The highest BCUT2D eigenvalue weighted by Gasteiger charge is 2.28. The third-order valence-corrected chi connectivity index (χ3v) is 5.72. The van der Waals surface area contributed by atoms with Crippen molar-refractivity contribution >= 4 is 17.4 Å². The van der Waals surface area contributed by atoms with E-state index in [0.29, 0.717) is 31.1 Å². The minimum atomic E-state index is -0.106. The van der Waals surface area contributed by atoms with E-state index in [1.807, 2.05) is 43.5 Å². The molecule has 160 valence electrons. The monoisotopic (exact) mass is 411 g/mol. The van der Waals surface area contributed by atoms with Gasteiger partial charge in [-0.05, 0) is 56.4 Å². The lowest BCUT2D eigenvalue weighted by Crippen LogP contribution is -2.40. The van der Waals surface area contributed by atoms with Crippen LogP contribution < -0.4 is 15.0 Å². The average molecular weight is 412 g/mol. The molecule has 1 aliphatic heterocycles. The van der Waals surface area contributed by atoms with Crippen LogP contribution in [0.25, 0.3) is 0 Å². The number of pyridine rings is 1. The zero-order chi connectivity index (χ0) is 20.9. The van der Waals surface area contributed by atoms with Crippen molar-refractivity contribution in [1.29, 1.82) is 0 Å². The van der Waals surface area contributed by atoms with Crippen LogP contribution in [0, 0.1) is 6.92 Å². The number of aliphatic hydroxyl groups is 1. The van der Waals surface area contributed by atoms with Gasteiger partial charge in [0.2, 0.25) is 0 Å². The Morgan fingerprint density at radius 2 is 2.10 bits per heavy atom. The number of aliphatic hydroxyl groups excluding tert-OH is 1. The quantitative estimate of drug-likeness (QED) is 0.760. The second-order valence-electron chi connectivity index (χ2n) is 7.89. The topological polar surface area (TPSA) is 83.9 Å². The van der Waals surface area contributed by atoms with Gasteiger partial charge in [0.15, 0.2) is 5.75 Å². The predicted molar refractivity (Wildman–Crippen MR) is 114 cm³/mol. The first-order chi connectivity index (χ1) is 14.7. The number of nitrogens with one attached hydrogen (secondary N) is 1. The number of fused-ring (bicyclic) bond motifs is 1.